The second-order valence-corrected chi connectivity index (χ2v) is 7.85. The van der Waals surface area contributed by atoms with Crippen LogP contribution in [0.3, 0.4) is 0 Å². The first kappa shape index (κ1) is 21.1. The zero-order valence-electron chi connectivity index (χ0n) is 17.7. The van der Waals surface area contributed by atoms with E-state index in [9.17, 15) is 14.3 Å². The van der Waals surface area contributed by atoms with Gasteiger partial charge in [0, 0.05) is 45.5 Å². The van der Waals surface area contributed by atoms with Crippen LogP contribution >= 0.6 is 0 Å². The Hall–Kier alpha value is -3.17. The van der Waals surface area contributed by atoms with Gasteiger partial charge in [0.15, 0.2) is 0 Å². The molecule has 0 saturated heterocycles. The Morgan fingerprint density at radius 2 is 2.10 bits per heavy atom. The van der Waals surface area contributed by atoms with Crippen LogP contribution in [-0.2, 0) is 13.1 Å². The van der Waals surface area contributed by atoms with Crippen LogP contribution < -0.4 is 16.3 Å². The second kappa shape index (κ2) is 8.52. The standard InChI is InChI=1S/C22H27FN6O2/c1-14(24-12-16-4-6-17(23)7-5-16)19-20(30)22(31)29-11-10-28(15(2)21(29)26-19)13-18-8-9-25-27(18)3/h4-8,15,24-25,30H,1,9-13H2,2-3H3. The van der Waals surface area contributed by atoms with Crippen molar-refractivity contribution in [3.8, 4) is 5.75 Å². The molecule has 0 aliphatic carbocycles. The first-order chi connectivity index (χ1) is 14.8. The molecule has 4 rings (SSSR count). The van der Waals surface area contributed by atoms with Crippen molar-refractivity contribution >= 4 is 5.70 Å². The summed E-state index contributed by atoms with van der Waals surface area (Å²) in [5.41, 5.74) is 5.28. The van der Waals surface area contributed by atoms with Crippen LogP contribution in [0, 0.1) is 5.82 Å². The minimum Gasteiger partial charge on any atom is -0.501 e. The third-order valence-electron chi connectivity index (χ3n) is 5.87. The summed E-state index contributed by atoms with van der Waals surface area (Å²) in [5.74, 6) is -0.120. The molecule has 0 amide bonds. The van der Waals surface area contributed by atoms with E-state index in [0.29, 0.717) is 31.2 Å². The fraction of sp³-hybridized carbons (Fsp3) is 0.364. The molecule has 3 heterocycles. The predicted octanol–water partition coefficient (Wildman–Crippen LogP) is 1.56. The molecule has 2 aliphatic heterocycles. The van der Waals surface area contributed by atoms with Crippen molar-refractivity contribution in [3.05, 3.63) is 75.9 Å². The average Bonchev–Trinajstić information content (AvgIpc) is 3.16. The molecule has 9 heteroatoms. The Morgan fingerprint density at radius 1 is 1.35 bits per heavy atom. The topological polar surface area (TPSA) is 85.7 Å². The predicted molar refractivity (Wildman–Crippen MR) is 116 cm³/mol. The van der Waals surface area contributed by atoms with Gasteiger partial charge in [-0.15, -0.1) is 0 Å². The van der Waals surface area contributed by atoms with E-state index in [4.69, 9.17) is 0 Å². The van der Waals surface area contributed by atoms with Crippen molar-refractivity contribution in [1.82, 2.24) is 30.2 Å². The maximum Gasteiger partial charge on any atom is 0.296 e. The minimum atomic E-state index is -0.463. The number of likely N-dealkylation sites (N-methyl/N-ethyl adjacent to an activating group) is 1. The van der Waals surface area contributed by atoms with E-state index < -0.39 is 11.3 Å². The molecule has 164 valence electrons. The second-order valence-electron chi connectivity index (χ2n) is 7.85. The van der Waals surface area contributed by atoms with Gasteiger partial charge in [0.05, 0.1) is 11.7 Å². The quantitative estimate of drug-likeness (QED) is 0.646. The Morgan fingerprint density at radius 3 is 2.77 bits per heavy atom. The van der Waals surface area contributed by atoms with Gasteiger partial charge >= 0.3 is 0 Å². The zero-order chi connectivity index (χ0) is 22.1. The summed E-state index contributed by atoms with van der Waals surface area (Å²) in [6.45, 7) is 9.01. The minimum absolute atomic E-state index is 0.111. The fourth-order valence-electron chi connectivity index (χ4n) is 3.92. The Kier molecular flexibility index (Phi) is 5.79. The van der Waals surface area contributed by atoms with E-state index in [1.807, 2.05) is 19.0 Å². The number of aromatic nitrogens is 2. The fourth-order valence-corrected chi connectivity index (χ4v) is 3.92. The van der Waals surface area contributed by atoms with Crippen molar-refractivity contribution in [1.29, 1.82) is 0 Å². The molecule has 1 atom stereocenters. The highest BCUT2D eigenvalue weighted by Crippen LogP contribution is 2.27. The molecular weight excluding hydrogens is 399 g/mol. The van der Waals surface area contributed by atoms with Gasteiger partial charge in [0.1, 0.15) is 17.3 Å². The van der Waals surface area contributed by atoms with E-state index in [1.54, 1.807) is 12.1 Å². The molecule has 0 spiro atoms. The highest BCUT2D eigenvalue weighted by Gasteiger charge is 2.30. The molecule has 2 aromatic rings. The van der Waals surface area contributed by atoms with Crippen LogP contribution in [0.4, 0.5) is 4.39 Å². The molecule has 31 heavy (non-hydrogen) atoms. The van der Waals surface area contributed by atoms with Crippen molar-refractivity contribution < 1.29 is 9.50 Å². The number of fused-ring (bicyclic) bond motifs is 1. The lowest BCUT2D eigenvalue weighted by Crippen LogP contribution is -2.44. The number of aromatic hydroxyl groups is 1. The van der Waals surface area contributed by atoms with E-state index in [-0.39, 0.29) is 17.6 Å². The van der Waals surface area contributed by atoms with Gasteiger partial charge < -0.3 is 15.4 Å². The van der Waals surface area contributed by atoms with Gasteiger partial charge in [0.2, 0.25) is 5.75 Å². The first-order valence-corrected chi connectivity index (χ1v) is 10.3. The Balaban J connectivity index is 1.55. The maximum atomic E-state index is 13.1. The summed E-state index contributed by atoms with van der Waals surface area (Å²) >= 11 is 0. The average molecular weight is 426 g/mol. The number of hydrazine groups is 1. The lowest BCUT2D eigenvalue weighted by atomic mass is 10.1. The van der Waals surface area contributed by atoms with Gasteiger partial charge in [0.25, 0.3) is 5.56 Å². The van der Waals surface area contributed by atoms with E-state index in [2.05, 4.69) is 33.3 Å². The molecule has 3 N–H and O–H groups in total. The molecular formula is C22H27FN6O2. The van der Waals surface area contributed by atoms with Crippen molar-refractivity contribution in [3.63, 3.8) is 0 Å². The molecule has 1 aromatic heterocycles. The number of hydrogen-bond acceptors (Lipinski definition) is 7. The van der Waals surface area contributed by atoms with Crippen LogP contribution in [0.15, 0.2) is 47.4 Å². The van der Waals surface area contributed by atoms with Gasteiger partial charge in [-0.3, -0.25) is 14.3 Å². The van der Waals surface area contributed by atoms with E-state index in [0.717, 1.165) is 18.7 Å². The Labute approximate surface area is 180 Å². The molecule has 1 unspecified atom stereocenters. The first-order valence-electron chi connectivity index (χ1n) is 10.3. The third-order valence-corrected chi connectivity index (χ3v) is 5.87. The SMILES string of the molecule is C=C(NCc1ccc(F)cc1)c1nc2n(c(=O)c1O)CCN(CC1=CCNN1C)C2C. The molecule has 0 bridgehead atoms. The maximum absolute atomic E-state index is 13.1. The summed E-state index contributed by atoms with van der Waals surface area (Å²) in [6.07, 6.45) is 2.14. The lowest BCUT2D eigenvalue weighted by molar-refractivity contribution is 0.157. The highest BCUT2D eigenvalue weighted by molar-refractivity contribution is 5.63. The summed E-state index contributed by atoms with van der Waals surface area (Å²) in [7, 11) is 1.98. The molecule has 0 radical (unpaired) electrons. The number of nitrogens with zero attached hydrogens (tertiary/aromatic N) is 4. The summed E-state index contributed by atoms with van der Waals surface area (Å²) < 4.78 is 14.6. The zero-order valence-corrected chi connectivity index (χ0v) is 17.7. The van der Waals surface area contributed by atoms with Gasteiger partial charge in [-0.25, -0.2) is 14.8 Å². The van der Waals surface area contributed by atoms with E-state index in [1.165, 1.54) is 22.4 Å². The van der Waals surface area contributed by atoms with Gasteiger partial charge in [-0.05, 0) is 30.7 Å². The van der Waals surface area contributed by atoms with Crippen LogP contribution in [0.25, 0.3) is 5.70 Å². The summed E-state index contributed by atoms with van der Waals surface area (Å²) in [5, 5.41) is 15.6. The number of benzene rings is 1. The van der Waals surface area contributed by atoms with Crippen LogP contribution in [0.2, 0.25) is 0 Å². The highest BCUT2D eigenvalue weighted by atomic mass is 19.1. The lowest BCUT2D eigenvalue weighted by Gasteiger charge is -2.36. The molecule has 1 aromatic carbocycles. The Bertz CT molecular complexity index is 1080. The summed E-state index contributed by atoms with van der Waals surface area (Å²) in [6, 6.07) is 5.97. The van der Waals surface area contributed by atoms with Crippen molar-refractivity contribution in [2.75, 3.05) is 26.7 Å². The van der Waals surface area contributed by atoms with Crippen LogP contribution in [-0.4, -0.2) is 51.2 Å². The van der Waals surface area contributed by atoms with Crippen molar-refractivity contribution in [2.24, 2.45) is 0 Å². The molecule has 0 fully saturated rings. The number of hydrogen-bond donors (Lipinski definition) is 3. The van der Waals surface area contributed by atoms with Gasteiger partial charge in [-0.1, -0.05) is 18.7 Å². The third kappa shape index (κ3) is 4.19. The van der Waals surface area contributed by atoms with E-state index >= 15 is 0 Å². The smallest absolute Gasteiger partial charge is 0.296 e. The number of nitrogens with one attached hydrogen (secondary N) is 2. The van der Waals surface area contributed by atoms with Gasteiger partial charge in [-0.2, -0.15) is 0 Å². The number of rotatable bonds is 6. The normalized spacial score (nSPS) is 18.6. The molecule has 8 nitrogen and oxygen atoms in total. The van der Waals surface area contributed by atoms with Crippen molar-refractivity contribution in [2.45, 2.75) is 26.1 Å². The van der Waals surface area contributed by atoms with Crippen LogP contribution in [0.5, 0.6) is 5.75 Å². The molecule has 0 saturated carbocycles. The monoisotopic (exact) mass is 426 g/mol. The molecule has 2 aliphatic rings. The largest absolute Gasteiger partial charge is 0.501 e. The van der Waals surface area contributed by atoms with Crippen LogP contribution in [0.1, 0.15) is 30.0 Å². The number of halogens is 1. The summed E-state index contributed by atoms with van der Waals surface area (Å²) in [4.78, 5) is 19.7.